The smallest absolute Gasteiger partial charge is 0.344 e. The fraction of sp³-hybridized carbons (Fsp3) is 0.190. The number of ether oxygens (including phenoxy) is 2. The Labute approximate surface area is 157 Å². The van der Waals surface area contributed by atoms with Crippen LogP contribution in [0.3, 0.4) is 0 Å². The predicted octanol–water partition coefficient (Wildman–Crippen LogP) is 3.41. The van der Waals surface area contributed by atoms with Crippen LogP contribution < -0.4 is 10.1 Å². The topological polar surface area (TPSA) is 77.5 Å². The number of anilines is 1. The fourth-order valence-electron chi connectivity index (χ4n) is 2.59. The number of rotatable bonds is 6. The first-order chi connectivity index (χ1) is 13.0. The van der Waals surface area contributed by atoms with E-state index < -0.39 is 11.9 Å². The van der Waals surface area contributed by atoms with Crippen molar-refractivity contribution in [2.75, 3.05) is 18.5 Å². The lowest BCUT2D eigenvalue weighted by molar-refractivity contribution is -0.149. The number of nitrogens with one attached hydrogen (secondary N) is 1. The van der Waals surface area contributed by atoms with Crippen LogP contribution in [0.5, 0.6) is 5.75 Å². The molecular formula is C21H20N2O4. The number of benzene rings is 2. The maximum atomic E-state index is 12.1. The Hall–Kier alpha value is -3.41. The molecule has 6 nitrogen and oxygen atoms in total. The van der Waals surface area contributed by atoms with Gasteiger partial charge in [-0.05, 0) is 55.3 Å². The number of amides is 1. The summed E-state index contributed by atoms with van der Waals surface area (Å²) in [6, 6.07) is 14.8. The van der Waals surface area contributed by atoms with Gasteiger partial charge in [0.1, 0.15) is 5.75 Å². The number of pyridine rings is 1. The second kappa shape index (κ2) is 8.31. The standard InChI is InChI=1S/C21H20N2O4/c1-14-8-9-15(2)19(11-14)26-13-21(25)27-12-20(24)23-18-7-3-6-17-16(18)5-4-10-22-17/h3-11H,12-13H2,1-2H3,(H,23,24). The minimum atomic E-state index is -0.606. The number of aromatic nitrogens is 1. The molecule has 138 valence electrons. The van der Waals surface area contributed by atoms with Gasteiger partial charge >= 0.3 is 5.97 Å². The molecular weight excluding hydrogens is 344 g/mol. The lowest BCUT2D eigenvalue weighted by atomic mass is 10.1. The van der Waals surface area contributed by atoms with E-state index in [1.807, 2.05) is 44.2 Å². The first-order valence-corrected chi connectivity index (χ1v) is 8.52. The van der Waals surface area contributed by atoms with Gasteiger partial charge in [0, 0.05) is 11.6 Å². The van der Waals surface area contributed by atoms with Gasteiger partial charge in [-0.25, -0.2) is 4.79 Å². The van der Waals surface area contributed by atoms with Crippen molar-refractivity contribution in [2.45, 2.75) is 13.8 Å². The molecule has 6 heteroatoms. The van der Waals surface area contributed by atoms with Crippen molar-refractivity contribution in [2.24, 2.45) is 0 Å². The molecule has 0 unspecified atom stereocenters. The molecule has 0 spiro atoms. The van der Waals surface area contributed by atoms with Crippen LogP contribution in [0.15, 0.2) is 54.7 Å². The number of hydrogen-bond donors (Lipinski definition) is 1. The Bertz CT molecular complexity index is 980. The number of carbonyl (C=O) groups is 2. The molecule has 0 aliphatic rings. The summed E-state index contributed by atoms with van der Waals surface area (Å²) in [5.41, 5.74) is 3.35. The van der Waals surface area contributed by atoms with E-state index in [9.17, 15) is 9.59 Å². The highest BCUT2D eigenvalue weighted by Crippen LogP contribution is 2.21. The Balaban J connectivity index is 1.51. The third kappa shape index (κ3) is 4.82. The zero-order valence-corrected chi connectivity index (χ0v) is 15.2. The van der Waals surface area contributed by atoms with Crippen molar-refractivity contribution in [3.05, 3.63) is 65.9 Å². The van der Waals surface area contributed by atoms with Crippen LogP contribution in [0.1, 0.15) is 11.1 Å². The van der Waals surface area contributed by atoms with Crippen LogP contribution in [0.25, 0.3) is 10.9 Å². The van der Waals surface area contributed by atoms with Gasteiger partial charge in [-0.2, -0.15) is 0 Å². The second-order valence-electron chi connectivity index (χ2n) is 6.14. The summed E-state index contributed by atoms with van der Waals surface area (Å²) in [7, 11) is 0. The van der Waals surface area contributed by atoms with E-state index in [1.165, 1.54) is 0 Å². The highest BCUT2D eigenvalue weighted by Gasteiger charge is 2.11. The van der Waals surface area contributed by atoms with E-state index in [0.29, 0.717) is 11.4 Å². The lowest BCUT2D eigenvalue weighted by Crippen LogP contribution is -2.23. The van der Waals surface area contributed by atoms with Crippen LogP contribution >= 0.6 is 0 Å². The minimum Gasteiger partial charge on any atom is -0.482 e. The molecule has 0 aliphatic heterocycles. The molecule has 1 N–H and O–H groups in total. The van der Waals surface area contributed by atoms with Crippen molar-refractivity contribution in [3.63, 3.8) is 0 Å². The van der Waals surface area contributed by atoms with Crippen molar-refractivity contribution in [1.29, 1.82) is 0 Å². The van der Waals surface area contributed by atoms with E-state index in [1.54, 1.807) is 24.4 Å². The molecule has 0 aliphatic carbocycles. The monoisotopic (exact) mass is 364 g/mol. The number of fused-ring (bicyclic) bond motifs is 1. The molecule has 1 heterocycles. The third-order valence-electron chi connectivity index (χ3n) is 3.97. The summed E-state index contributed by atoms with van der Waals surface area (Å²) < 4.78 is 10.5. The summed E-state index contributed by atoms with van der Waals surface area (Å²) in [6.45, 7) is 3.20. The number of nitrogens with zero attached hydrogens (tertiary/aromatic N) is 1. The molecule has 0 saturated carbocycles. The Morgan fingerprint density at radius 2 is 1.89 bits per heavy atom. The largest absolute Gasteiger partial charge is 0.482 e. The number of carbonyl (C=O) groups excluding carboxylic acids is 2. The average molecular weight is 364 g/mol. The van der Waals surface area contributed by atoms with Crippen molar-refractivity contribution >= 4 is 28.5 Å². The second-order valence-corrected chi connectivity index (χ2v) is 6.14. The first kappa shape index (κ1) is 18.4. The highest BCUT2D eigenvalue weighted by molar-refractivity contribution is 6.01. The summed E-state index contributed by atoms with van der Waals surface area (Å²) >= 11 is 0. The van der Waals surface area contributed by atoms with Crippen molar-refractivity contribution < 1.29 is 19.1 Å². The molecule has 2 aromatic carbocycles. The lowest BCUT2D eigenvalue weighted by Gasteiger charge is -2.11. The molecule has 3 rings (SSSR count). The van der Waals surface area contributed by atoms with Gasteiger partial charge in [0.05, 0.1) is 11.2 Å². The van der Waals surface area contributed by atoms with Gasteiger partial charge in [-0.1, -0.05) is 18.2 Å². The third-order valence-corrected chi connectivity index (χ3v) is 3.97. The molecule has 1 aromatic heterocycles. The Morgan fingerprint density at radius 1 is 1.04 bits per heavy atom. The first-order valence-electron chi connectivity index (χ1n) is 8.52. The quantitative estimate of drug-likeness (QED) is 0.678. The minimum absolute atomic E-state index is 0.254. The molecule has 27 heavy (non-hydrogen) atoms. The zero-order valence-electron chi connectivity index (χ0n) is 15.2. The molecule has 0 radical (unpaired) electrons. The molecule has 0 bridgehead atoms. The van der Waals surface area contributed by atoms with E-state index in [4.69, 9.17) is 9.47 Å². The van der Waals surface area contributed by atoms with Crippen LogP contribution in [-0.2, 0) is 14.3 Å². The summed E-state index contributed by atoms with van der Waals surface area (Å²) in [5.74, 6) is -0.406. The van der Waals surface area contributed by atoms with Crippen molar-refractivity contribution in [1.82, 2.24) is 4.98 Å². The number of esters is 1. The van der Waals surface area contributed by atoms with Crippen LogP contribution in [0.2, 0.25) is 0 Å². The zero-order chi connectivity index (χ0) is 19.2. The summed E-state index contributed by atoms with van der Waals surface area (Å²) in [4.78, 5) is 28.2. The van der Waals surface area contributed by atoms with Gasteiger partial charge in [-0.15, -0.1) is 0 Å². The van der Waals surface area contributed by atoms with Gasteiger partial charge in [0.25, 0.3) is 5.91 Å². The maximum absolute atomic E-state index is 12.1. The maximum Gasteiger partial charge on any atom is 0.344 e. The average Bonchev–Trinajstić information content (AvgIpc) is 2.67. The van der Waals surface area contributed by atoms with Crippen LogP contribution in [0.4, 0.5) is 5.69 Å². The van der Waals surface area contributed by atoms with Gasteiger partial charge in [0.15, 0.2) is 13.2 Å². The number of hydrogen-bond acceptors (Lipinski definition) is 5. The number of aryl methyl sites for hydroxylation is 2. The molecule has 0 fully saturated rings. The SMILES string of the molecule is Cc1ccc(C)c(OCC(=O)OCC(=O)Nc2cccc3ncccc23)c1. The normalized spacial score (nSPS) is 10.4. The molecule has 3 aromatic rings. The molecule has 0 atom stereocenters. The Kier molecular flexibility index (Phi) is 5.66. The van der Waals surface area contributed by atoms with E-state index in [-0.39, 0.29) is 13.2 Å². The van der Waals surface area contributed by atoms with E-state index >= 15 is 0 Å². The van der Waals surface area contributed by atoms with Gasteiger partial charge in [-0.3, -0.25) is 9.78 Å². The van der Waals surface area contributed by atoms with Gasteiger partial charge in [0.2, 0.25) is 0 Å². The van der Waals surface area contributed by atoms with Crippen LogP contribution in [-0.4, -0.2) is 30.1 Å². The molecule has 1 amide bonds. The fourth-order valence-corrected chi connectivity index (χ4v) is 2.59. The van der Waals surface area contributed by atoms with Crippen molar-refractivity contribution in [3.8, 4) is 5.75 Å². The predicted molar refractivity (Wildman–Crippen MR) is 103 cm³/mol. The Morgan fingerprint density at radius 3 is 2.74 bits per heavy atom. The van der Waals surface area contributed by atoms with E-state index in [2.05, 4.69) is 10.3 Å². The van der Waals surface area contributed by atoms with E-state index in [0.717, 1.165) is 22.0 Å². The summed E-state index contributed by atoms with van der Waals surface area (Å²) in [5, 5.41) is 3.55. The molecule has 0 saturated heterocycles. The van der Waals surface area contributed by atoms with Crippen LogP contribution in [0, 0.1) is 13.8 Å². The summed E-state index contributed by atoms with van der Waals surface area (Å²) in [6.07, 6.45) is 1.69. The highest BCUT2D eigenvalue weighted by atomic mass is 16.6. The van der Waals surface area contributed by atoms with Gasteiger partial charge < -0.3 is 14.8 Å².